The third-order valence-corrected chi connectivity index (χ3v) is 3.25. The van der Waals surface area contributed by atoms with Crippen LogP contribution in [-0.2, 0) is 0 Å². The molecule has 1 aromatic rings. The third kappa shape index (κ3) is 3.93. The van der Waals surface area contributed by atoms with Gasteiger partial charge in [0.25, 0.3) is 0 Å². The number of aliphatic hydroxyl groups is 1. The van der Waals surface area contributed by atoms with Gasteiger partial charge >= 0.3 is 0 Å². The Labute approximate surface area is 116 Å². The third-order valence-electron chi connectivity index (χ3n) is 3.25. The van der Waals surface area contributed by atoms with Crippen LogP contribution in [0.1, 0.15) is 51.8 Å². The molecule has 0 aliphatic rings. The summed E-state index contributed by atoms with van der Waals surface area (Å²) in [4.78, 5) is 2.24. The first-order valence-electron chi connectivity index (χ1n) is 6.98. The molecule has 19 heavy (non-hydrogen) atoms. The Morgan fingerprint density at radius 1 is 1.16 bits per heavy atom. The number of halogens is 1. The van der Waals surface area contributed by atoms with Gasteiger partial charge in [0.05, 0.1) is 6.10 Å². The summed E-state index contributed by atoms with van der Waals surface area (Å²) in [5.41, 5.74) is 2.23. The summed E-state index contributed by atoms with van der Waals surface area (Å²) < 4.78 is 13.7. The molecule has 0 unspecified atom stereocenters. The first-order chi connectivity index (χ1) is 8.73. The standard InChI is InChI=1S/C16H26FNO/c1-10(2)9-18(11(3)4)16-7-12(5)15(17)8-14(16)13(6)19/h7-8,10-11,13,19H,9H2,1-6H3/t13-/m0/s1. The van der Waals surface area contributed by atoms with Gasteiger partial charge in [0.15, 0.2) is 0 Å². The van der Waals surface area contributed by atoms with Crippen LogP contribution in [0, 0.1) is 18.7 Å². The smallest absolute Gasteiger partial charge is 0.126 e. The number of hydrogen-bond acceptors (Lipinski definition) is 2. The van der Waals surface area contributed by atoms with Crippen LogP contribution in [0.15, 0.2) is 12.1 Å². The molecule has 0 bridgehead atoms. The molecule has 0 radical (unpaired) electrons. The molecule has 0 amide bonds. The number of aryl methyl sites for hydroxylation is 1. The maximum atomic E-state index is 13.7. The van der Waals surface area contributed by atoms with E-state index in [1.807, 2.05) is 6.07 Å². The molecule has 0 saturated carbocycles. The zero-order valence-electron chi connectivity index (χ0n) is 12.9. The van der Waals surface area contributed by atoms with E-state index in [2.05, 4.69) is 32.6 Å². The van der Waals surface area contributed by atoms with Gasteiger partial charge in [-0.1, -0.05) is 13.8 Å². The second kappa shape index (κ2) is 6.38. The van der Waals surface area contributed by atoms with Gasteiger partial charge in [-0.3, -0.25) is 0 Å². The van der Waals surface area contributed by atoms with Crippen molar-refractivity contribution in [3.8, 4) is 0 Å². The van der Waals surface area contributed by atoms with Gasteiger partial charge in [-0.05, 0) is 51.3 Å². The normalized spacial score (nSPS) is 13.2. The van der Waals surface area contributed by atoms with Crippen molar-refractivity contribution >= 4 is 5.69 Å². The number of anilines is 1. The Bertz CT molecular complexity index is 427. The van der Waals surface area contributed by atoms with Gasteiger partial charge in [0.2, 0.25) is 0 Å². The van der Waals surface area contributed by atoms with E-state index in [1.165, 1.54) is 6.07 Å². The van der Waals surface area contributed by atoms with Crippen LogP contribution in [0.4, 0.5) is 10.1 Å². The highest BCUT2D eigenvalue weighted by atomic mass is 19.1. The summed E-state index contributed by atoms with van der Waals surface area (Å²) in [5.74, 6) is 0.252. The van der Waals surface area contributed by atoms with Crippen molar-refractivity contribution in [2.24, 2.45) is 5.92 Å². The minimum atomic E-state index is -0.668. The van der Waals surface area contributed by atoms with Crippen molar-refractivity contribution in [2.75, 3.05) is 11.4 Å². The van der Waals surface area contributed by atoms with Gasteiger partial charge < -0.3 is 10.0 Å². The summed E-state index contributed by atoms with van der Waals surface area (Å²) in [7, 11) is 0. The van der Waals surface area contributed by atoms with Gasteiger partial charge in [-0.2, -0.15) is 0 Å². The number of hydrogen-bond donors (Lipinski definition) is 1. The zero-order chi connectivity index (χ0) is 14.7. The molecule has 0 aliphatic heterocycles. The molecule has 0 heterocycles. The highest BCUT2D eigenvalue weighted by Crippen LogP contribution is 2.31. The van der Waals surface area contributed by atoms with Gasteiger partial charge in [0.1, 0.15) is 5.82 Å². The number of aliphatic hydroxyl groups excluding tert-OH is 1. The Morgan fingerprint density at radius 3 is 2.16 bits per heavy atom. The summed E-state index contributed by atoms with van der Waals surface area (Å²) in [6.45, 7) is 12.9. The topological polar surface area (TPSA) is 23.5 Å². The van der Waals surface area contributed by atoms with Crippen molar-refractivity contribution in [1.82, 2.24) is 0 Å². The van der Waals surface area contributed by atoms with Crippen molar-refractivity contribution < 1.29 is 9.50 Å². The number of nitrogens with zero attached hydrogens (tertiary/aromatic N) is 1. The predicted molar refractivity (Wildman–Crippen MR) is 79.1 cm³/mol. The molecule has 0 fully saturated rings. The number of rotatable bonds is 5. The van der Waals surface area contributed by atoms with Gasteiger partial charge in [-0.25, -0.2) is 4.39 Å². The Kier molecular flexibility index (Phi) is 5.36. The van der Waals surface area contributed by atoms with Crippen molar-refractivity contribution in [2.45, 2.75) is 53.7 Å². The van der Waals surface area contributed by atoms with Crippen LogP contribution < -0.4 is 4.90 Å². The van der Waals surface area contributed by atoms with E-state index in [1.54, 1.807) is 13.8 Å². The minimum absolute atomic E-state index is 0.257. The molecule has 2 nitrogen and oxygen atoms in total. The fourth-order valence-electron chi connectivity index (χ4n) is 2.25. The van der Waals surface area contributed by atoms with E-state index < -0.39 is 6.10 Å². The second-order valence-electron chi connectivity index (χ2n) is 5.98. The first-order valence-corrected chi connectivity index (χ1v) is 6.98. The monoisotopic (exact) mass is 267 g/mol. The lowest BCUT2D eigenvalue weighted by molar-refractivity contribution is 0.199. The van der Waals surface area contributed by atoms with Gasteiger partial charge in [0, 0.05) is 23.8 Å². The summed E-state index contributed by atoms with van der Waals surface area (Å²) in [6, 6.07) is 3.62. The predicted octanol–water partition coefficient (Wildman–Crippen LogP) is 4.06. The average molecular weight is 267 g/mol. The molecule has 0 saturated heterocycles. The lowest BCUT2D eigenvalue weighted by atomic mass is 10.0. The summed E-state index contributed by atoms with van der Waals surface area (Å²) in [5, 5.41) is 9.89. The summed E-state index contributed by atoms with van der Waals surface area (Å²) >= 11 is 0. The minimum Gasteiger partial charge on any atom is -0.389 e. The van der Waals surface area contributed by atoms with Gasteiger partial charge in [-0.15, -0.1) is 0 Å². The fraction of sp³-hybridized carbons (Fsp3) is 0.625. The Morgan fingerprint density at radius 2 is 1.74 bits per heavy atom. The maximum absolute atomic E-state index is 13.7. The lowest BCUT2D eigenvalue weighted by Gasteiger charge is -2.33. The molecule has 0 aliphatic carbocycles. The van der Waals surface area contributed by atoms with Crippen LogP contribution in [0.2, 0.25) is 0 Å². The number of benzene rings is 1. The van der Waals surface area contributed by atoms with Crippen LogP contribution in [0.25, 0.3) is 0 Å². The largest absolute Gasteiger partial charge is 0.389 e. The molecule has 1 rings (SSSR count). The molecular formula is C16H26FNO. The van der Waals surface area contributed by atoms with Crippen LogP contribution in [0.3, 0.4) is 0 Å². The van der Waals surface area contributed by atoms with Crippen molar-refractivity contribution in [1.29, 1.82) is 0 Å². The van der Waals surface area contributed by atoms with E-state index in [9.17, 15) is 9.50 Å². The average Bonchev–Trinajstić information content (AvgIpc) is 2.28. The molecule has 0 spiro atoms. The second-order valence-corrected chi connectivity index (χ2v) is 5.98. The fourth-order valence-corrected chi connectivity index (χ4v) is 2.25. The van der Waals surface area contributed by atoms with Crippen LogP contribution >= 0.6 is 0 Å². The Balaban J connectivity index is 3.31. The molecule has 108 valence electrons. The van der Waals surface area contributed by atoms with E-state index in [-0.39, 0.29) is 5.82 Å². The highest BCUT2D eigenvalue weighted by molar-refractivity contribution is 5.57. The molecular weight excluding hydrogens is 241 g/mol. The molecule has 1 N–H and O–H groups in total. The Hall–Kier alpha value is -1.09. The van der Waals surface area contributed by atoms with E-state index >= 15 is 0 Å². The SMILES string of the molecule is Cc1cc(N(CC(C)C)C(C)C)c([C@H](C)O)cc1F. The van der Waals surface area contributed by atoms with Crippen LogP contribution in [0.5, 0.6) is 0 Å². The lowest BCUT2D eigenvalue weighted by Crippen LogP contribution is -2.35. The quantitative estimate of drug-likeness (QED) is 0.869. The van der Waals surface area contributed by atoms with Crippen molar-refractivity contribution in [3.05, 3.63) is 29.1 Å². The van der Waals surface area contributed by atoms with Crippen LogP contribution in [-0.4, -0.2) is 17.7 Å². The zero-order valence-corrected chi connectivity index (χ0v) is 12.9. The van der Waals surface area contributed by atoms with E-state index in [0.717, 1.165) is 12.2 Å². The molecule has 0 aromatic heterocycles. The molecule has 1 aromatic carbocycles. The van der Waals surface area contributed by atoms with Crippen molar-refractivity contribution in [3.63, 3.8) is 0 Å². The first kappa shape index (κ1) is 16.0. The highest BCUT2D eigenvalue weighted by Gasteiger charge is 2.19. The van der Waals surface area contributed by atoms with E-state index in [4.69, 9.17) is 0 Å². The molecule has 3 heteroatoms. The maximum Gasteiger partial charge on any atom is 0.126 e. The van der Waals surface area contributed by atoms with E-state index in [0.29, 0.717) is 23.1 Å². The molecule has 1 atom stereocenters. The summed E-state index contributed by atoms with van der Waals surface area (Å²) in [6.07, 6.45) is -0.668.